The summed E-state index contributed by atoms with van der Waals surface area (Å²) in [7, 11) is 0. The lowest BCUT2D eigenvalue weighted by Crippen LogP contribution is -2.21. The zero-order valence-corrected chi connectivity index (χ0v) is 14.0. The number of anilines is 1. The molecule has 0 radical (unpaired) electrons. The van der Waals surface area contributed by atoms with E-state index in [2.05, 4.69) is 48.9 Å². The van der Waals surface area contributed by atoms with Gasteiger partial charge in [0.05, 0.1) is 12.1 Å². The van der Waals surface area contributed by atoms with Crippen LogP contribution in [0.1, 0.15) is 29.9 Å². The summed E-state index contributed by atoms with van der Waals surface area (Å²) in [4.78, 5) is 13.9. The minimum atomic E-state index is -0.431. The summed E-state index contributed by atoms with van der Waals surface area (Å²) in [5.74, 6) is 2.21. The molecule has 1 heterocycles. The van der Waals surface area contributed by atoms with Gasteiger partial charge in [-0.3, -0.25) is 4.79 Å². The molecule has 0 aliphatic rings. The standard InChI is InChI=1S/C19H23N3O/c1-5-12-22-14(4)17(19(20)23)13-18(22)15-8-10-16(11-9-15)21(6-2)7-3/h1,8-11,13H,6-7,12H2,2-4H3,(H2,20,23). The van der Waals surface area contributed by atoms with Gasteiger partial charge >= 0.3 is 0 Å². The number of nitrogens with zero attached hydrogens (tertiary/aromatic N) is 2. The molecule has 4 heteroatoms. The number of primary amides is 1. The van der Waals surface area contributed by atoms with E-state index in [0.717, 1.165) is 30.0 Å². The van der Waals surface area contributed by atoms with Gasteiger partial charge in [-0.25, -0.2) is 0 Å². The van der Waals surface area contributed by atoms with Crippen LogP contribution in [0.3, 0.4) is 0 Å². The molecule has 0 fully saturated rings. The van der Waals surface area contributed by atoms with E-state index in [9.17, 15) is 4.79 Å². The van der Waals surface area contributed by atoms with Crippen molar-refractivity contribution in [1.82, 2.24) is 4.57 Å². The normalized spacial score (nSPS) is 10.3. The van der Waals surface area contributed by atoms with Gasteiger partial charge in [-0.15, -0.1) is 6.42 Å². The highest BCUT2D eigenvalue weighted by Gasteiger charge is 2.16. The maximum Gasteiger partial charge on any atom is 0.250 e. The molecule has 1 amide bonds. The van der Waals surface area contributed by atoms with Gasteiger partial charge in [-0.05, 0) is 44.5 Å². The van der Waals surface area contributed by atoms with Gasteiger partial charge in [0.15, 0.2) is 0 Å². The number of hydrogen-bond acceptors (Lipinski definition) is 2. The highest BCUT2D eigenvalue weighted by Crippen LogP contribution is 2.27. The largest absolute Gasteiger partial charge is 0.372 e. The summed E-state index contributed by atoms with van der Waals surface area (Å²) in [5, 5.41) is 0. The predicted octanol–water partition coefficient (Wildman–Crippen LogP) is 3.04. The fourth-order valence-corrected chi connectivity index (χ4v) is 2.86. The Balaban J connectivity index is 2.47. The molecule has 0 saturated heterocycles. The lowest BCUT2D eigenvalue weighted by molar-refractivity contribution is 0.0999. The van der Waals surface area contributed by atoms with Crippen molar-refractivity contribution in [2.45, 2.75) is 27.3 Å². The number of hydrogen-bond donors (Lipinski definition) is 1. The summed E-state index contributed by atoms with van der Waals surface area (Å²) < 4.78 is 1.95. The van der Waals surface area contributed by atoms with E-state index in [1.54, 1.807) is 0 Å². The molecule has 4 nitrogen and oxygen atoms in total. The fraction of sp³-hybridized carbons (Fsp3) is 0.316. The first-order valence-electron chi connectivity index (χ1n) is 7.82. The maximum absolute atomic E-state index is 11.6. The van der Waals surface area contributed by atoms with E-state index in [-0.39, 0.29) is 0 Å². The van der Waals surface area contributed by atoms with E-state index < -0.39 is 5.91 Å². The lowest BCUT2D eigenvalue weighted by Gasteiger charge is -2.21. The van der Waals surface area contributed by atoms with Crippen LogP contribution in [0.5, 0.6) is 0 Å². The Morgan fingerprint density at radius 1 is 1.26 bits per heavy atom. The van der Waals surface area contributed by atoms with Crippen LogP contribution in [0.15, 0.2) is 30.3 Å². The number of terminal acetylenes is 1. The molecule has 0 aliphatic heterocycles. The summed E-state index contributed by atoms with van der Waals surface area (Å²) in [5.41, 5.74) is 9.90. The van der Waals surface area contributed by atoms with Gasteiger partial charge < -0.3 is 15.2 Å². The number of nitrogens with two attached hydrogens (primary N) is 1. The minimum Gasteiger partial charge on any atom is -0.372 e. The number of amides is 1. The van der Waals surface area contributed by atoms with Crippen molar-refractivity contribution in [3.8, 4) is 23.6 Å². The van der Waals surface area contributed by atoms with Crippen molar-refractivity contribution in [3.63, 3.8) is 0 Å². The Kier molecular flexibility index (Phi) is 5.13. The second-order valence-electron chi connectivity index (χ2n) is 5.40. The summed E-state index contributed by atoms with van der Waals surface area (Å²) in [6.07, 6.45) is 5.47. The van der Waals surface area contributed by atoms with Crippen LogP contribution in [-0.2, 0) is 6.54 Å². The average molecular weight is 309 g/mol. The molecule has 0 atom stereocenters. The Morgan fingerprint density at radius 2 is 1.87 bits per heavy atom. The second-order valence-corrected chi connectivity index (χ2v) is 5.40. The lowest BCUT2D eigenvalue weighted by atomic mass is 10.1. The Bertz CT molecular complexity index is 731. The molecule has 0 spiro atoms. The second kappa shape index (κ2) is 7.06. The first-order chi connectivity index (χ1) is 11.0. The van der Waals surface area contributed by atoms with Crippen LogP contribution in [0, 0.1) is 19.3 Å². The molecule has 2 aromatic rings. The monoisotopic (exact) mass is 309 g/mol. The first kappa shape index (κ1) is 16.7. The van der Waals surface area contributed by atoms with Crippen LogP contribution in [-0.4, -0.2) is 23.6 Å². The molecule has 1 aromatic heterocycles. The maximum atomic E-state index is 11.6. The number of rotatable bonds is 6. The molecule has 23 heavy (non-hydrogen) atoms. The molecular weight excluding hydrogens is 286 g/mol. The van der Waals surface area contributed by atoms with Gasteiger partial charge in [0, 0.05) is 30.2 Å². The van der Waals surface area contributed by atoms with Crippen LogP contribution in [0.4, 0.5) is 5.69 Å². The average Bonchev–Trinajstić information content (AvgIpc) is 2.87. The zero-order chi connectivity index (χ0) is 17.0. The quantitative estimate of drug-likeness (QED) is 0.834. The van der Waals surface area contributed by atoms with E-state index in [1.165, 1.54) is 5.69 Å². The van der Waals surface area contributed by atoms with Gasteiger partial charge in [-0.2, -0.15) is 0 Å². The third-order valence-corrected chi connectivity index (χ3v) is 4.17. The highest BCUT2D eigenvalue weighted by atomic mass is 16.1. The number of carbonyl (C=O) groups is 1. The summed E-state index contributed by atoms with van der Waals surface area (Å²) in [6.45, 7) is 8.48. The van der Waals surface area contributed by atoms with Crippen molar-refractivity contribution in [1.29, 1.82) is 0 Å². The van der Waals surface area contributed by atoms with E-state index in [1.807, 2.05) is 17.6 Å². The van der Waals surface area contributed by atoms with Crippen LogP contribution < -0.4 is 10.6 Å². The number of aromatic nitrogens is 1. The summed E-state index contributed by atoms with van der Waals surface area (Å²) in [6, 6.07) is 10.1. The summed E-state index contributed by atoms with van der Waals surface area (Å²) >= 11 is 0. The van der Waals surface area contributed by atoms with Crippen molar-refractivity contribution >= 4 is 11.6 Å². The van der Waals surface area contributed by atoms with Gasteiger partial charge in [0.25, 0.3) is 5.91 Å². The molecule has 2 rings (SSSR count). The Hall–Kier alpha value is -2.67. The molecule has 0 bridgehead atoms. The van der Waals surface area contributed by atoms with Gasteiger partial charge in [-0.1, -0.05) is 18.1 Å². The molecule has 120 valence electrons. The SMILES string of the molecule is C#CCn1c(-c2ccc(N(CC)CC)cc2)cc(C(N)=O)c1C. The number of carbonyl (C=O) groups excluding carboxylic acids is 1. The molecule has 0 aliphatic carbocycles. The predicted molar refractivity (Wildman–Crippen MR) is 95.5 cm³/mol. The van der Waals surface area contributed by atoms with E-state index >= 15 is 0 Å². The highest BCUT2D eigenvalue weighted by molar-refractivity contribution is 5.95. The van der Waals surface area contributed by atoms with Crippen LogP contribution in [0.2, 0.25) is 0 Å². The smallest absolute Gasteiger partial charge is 0.250 e. The molecule has 1 aromatic carbocycles. The molecule has 2 N–H and O–H groups in total. The first-order valence-corrected chi connectivity index (χ1v) is 7.82. The fourth-order valence-electron chi connectivity index (χ4n) is 2.86. The third-order valence-electron chi connectivity index (χ3n) is 4.17. The van der Waals surface area contributed by atoms with Gasteiger partial charge in [0.1, 0.15) is 0 Å². The molecule has 0 unspecified atom stereocenters. The van der Waals surface area contributed by atoms with Crippen molar-refractivity contribution < 1.29 is 4.79 Å². The van der Waals surface area contributed by atoms with Crippen LogP contribution >= 0.6 is 0 Å². The van der Waals surface area contributed by atoms with Crippen molar-refractivity contribution in [3.05, 3.63) is 41.6 Å². The van der Waals surface area contributed by atoms with Crippen molar-refractivity contribution in [2.75, 3.05) is 18.0 Å². The minimum absolute atomic E-state index is 0.409. The number of benzene rings is 1. The van der Waals surface area contributed by atoms with Crippen molar-refractivity contribution in [2.24, 2.45) is 5.73 Å². The van der Waals surface area contributed by atoms with Gasteiger partial charge in [0.2, 0.25) is 0 Å². The van der Waals surface area contributed by atoms with E-state index in [4.69, 9.17) is 12.2 Å². The third kappa shape index (κ3) is 3.24. The zero-order valence-electron chi connectivity index (χ0n) is 14.0. The molecular formula is C19H23N3O. The Labute approximate surface area is 137 Å². The van der Waals surface area contributed by atoms with E-state index in [0.29, 0.717) is 12.1 Å². The van der Waals surface area contributed by atoms with Crippen LogP contribution in [0.25, 0.3) is 11.3 Å². The Morgan fingerprint density at radius 3 is 2.35 bits per heavy atom. The molecule has 0 saturated carbocycles. The topological polar surface area (TPSA) is 51.3 Å².